The minimum absolute atomic E-state index is 0.112. The summed E-state index contributed by atoms with van der Waals surface area (Å²) in [5, 5.41) is 0. The lowest BCUT2D eigenvalue weighted by Crippen LogP contribution is -2.30. The number of esters is 3. The van der Waals surface area contributed by atoms with Crippen LogP contribution in [-0.4, -0.2) is 37.2 Å². The minimum Gasteiger partial charge on any atom is -0.462 e. The highest BCUT2D eigenvalue weighted by molar-refractivity contribution is 5.71. The molecule has 0 rings (SSSR count). The molecule has 0 saturated heterocycles. The molecule has 0 aromatic heterocycles. The predicted octanol–water partition coefficient (Wildman–Crippen LogP) is 17.1. The SMILES string of the molecule is CC/C=C/C=C/C=C/C=C/C=C/CCCC(=O)OCC(COC(=O)CCCCCCC/C=C/CCCCCCCCCCC)OC(=O)CCCCCCCCC/C=C/C=C/C=C/CC. The molecule has 0 spiro atoms. The molecule has 1 unspecified atom stereocenters. The van der Waals surface area contributed by atoms with E-state index in [-0.39, 0.29) is 37.5 Å². The first-order valence-electron chi connectivity index (χ1n) is 26.0. The van der Waals surface area contributed by atoms with Gasteiger partial charge in [0, 0.05) is 19.3 Å². The van der Waals surface area contributed by atoms with Crippen LogP contribution in [0.25, 0.3) is 0 Å². The van der Waals surface area contributed by atoms with Gasteiger partial charge in [-0.1, -0.05) is 233 Å². The Morgan fingerprint density at radius 1 is 0.328 bits per heavy atom. The summed E-state index contributed by atoms with van der Waals surface area (Å²) in [5.41, 5.74) is 0. The molecule has 1 atom stereocenters. The van der Waals surface area contributed by atoms with Gasteiger partial charge >= 0.3 is 17.9 Å². The van der Waals surface area contributed by atoms with Crippen molar-refractivity contribution in [1.29, 1.82) is 0 Å². The Morgan fingerprint density at radius 3 is 1.06 bits per heavy atom. The van der Waals surface area contributed by atoms with Crippen LogP contribution in [0.15, 0.2) is 109 Å². The van der Waals surface area contributed by atoms with Crippen LogP contribution >= 0.6 is 0 Å². The molecule has 0 amide bonds. The van der Waals surface area contributed by atoms with Gasteiger partial charge in [-0.2, -0.15) is 0 Å². The summed E-state index contributed by atoms with van der Waals surface area (Å²) < 4.78 is 16.7. The average molecular weight is 887 g/mol. The molecular weight excluding hydrogens is 793 g/mol. The second-order valence-corrected chi connectivity index (χ2v) is 16.8. The summed E-state index contributed by atoms with van der Waals surface area (Å²) in [6, 6.07) is 0. The van der Waals surface area contributed by atoms with E-state index in [1.165, 1.54) is 89.9 Å². The lowest BCUT2D eigenvalue weighted by Gasteiger charge is -2.18. The van der Waals surface area contributed by atoms with Crippen LogP contribution in [0.5, 0.6) is 0 Å². The Kier molecular flexibility index (Phi) is 48.5. The van der Waals surface area contributed by atoms with Gasteiger partial charge in [0.25, 0.3) is 0 Å². The van der Waals surface area contributed by atoms with Crippen LogP contribution in [0.4, 0.5) is 0 Å². The molecule has 6 nitrogen and oxygen atoms in total. The predicted molar refractivity (Wildman–Crippen MR) is 274 cm³/mol. The molecule has 0 aromatic rings. The van der Waals surface area contributed by atoms with Crippen molar-refractivity contribution >= 4 is 17.9 Å². The van der Waals surface area contributed by atoms with E-state index in [0.717, 1.165) is 83.5 Å². The topological polar surface area (TPSA) is 78.9 Å². The number of hydrogen-bond donors (Lipinski definition) is 0. The number of carbonyl (C=O) groups is 3. The zero-order valence-electron chi connectivity index (χ0n) is 41.3. The maximum Gasteiger partial charge on any atom is 0.306 e. The summed E-state index contributed by atoms with van der Waals surface area (Å²) in [4.78, 5) is 38.0. The van der Waals surface area contributed by atoms with Crippen LogP contribution in [0, 0.1) is 0 Å². The van der Waals surface area contributed by atoms with E-state index in [2.05, 4.69) is 75.5 Å². The summed E-state index contributed by atoms with van der Waals surface area (Å²) in [6.07, 6.45) is 69.4. The smallest absolute Gasteiger partial charge is 0.306 e. The van der Waals surface area contributed by atoms with E-state index in [1.807, 2.05) is 54.7 Å². The molecule has 0 aliphatic carbocycles. The molecule has 0 aliphatic rings. The third-order valence-electron chi connectivity index (χ3n) is 10.7. The number of rotatable bonds is 45. The van der Waals surface area contributed by atoms with Crippen molar-refractivity contribution in [1.82, 2.24) is 0 Å². The average Bonchev–Trinajstić information content (AvgIpc) is 3.29. The number of ether oxygens (including phenoxy) is 3. The highest BCUT2D eigenvalue weighted by Crippen LogP contribution is 2.14. The van der Waals surface area contributed by atoms with Crippen LogP contribution < -0.4 is 0 Å². The Morgan fingerprint density at radius 2 is 0.641 bits per heavy atom. The van der Waals surface area contributed by atoms with Gasteiger partial charge in [-0.3, -0.25) is 14.4 Å². The molecule has 0 saturated carbocycles. The number of allylic oxidation sites excluding steroid dienone is 18. The number of hydrogen-bond acceptors (Lipinski definition) is 6. The van der Waals surface area contributed by atoms with Crippen molar-refractivity contribution < 1.29 is 28.6 Å². The van der Waals surface area contributed by atoms with Crippen molar-refractivity contribution in [3.63, 3.8) is 0 Å². The van der Waals surface area contributed by atoms with Gasteiger partial charge in [0.15, 0.2) is 6.10 Å². The van der Waals surface area contributed by atoms with Crippen LogP contribution in [-0.2, 0) is 28.6 Å². The Bertz CT molecular complexity index is 1340. The molecule has 0 heterocycles. The molecule has 0 bridgehead atoms. The first-order chi connectivity index (χ1) is 31.5. The summed E-state index contributed by atoms with van der Waals surface area (Å²) >= 11 is 0. The van der Waals surface area contributed by atoms with Crippen molar-refractivity contribution in [2.75, 3.05) is 13.2 Å². The van der Waals surface area contributed by atoms with Gasteiger partial charge in [-0.05, 0) is 77.0 Å². The summed E-state index contributed by atoms with van der Waals surface area (Å²) in [5.74, 6) is -1.01. The standard InChI is InChI=1S/C58H94O6/c1-4-7-10-13-16-19-22-25-27-28-29-31-33-36-39-42-45-48-51-57(60)63-54-55(53-62-56(59)50-47-44-41-38-35-32-24-21-18-15-12-9-6-3)64-58(61)52-49-46-43-40-37-34-30-26-23-20-17-14-11-8-5-2/h8-9,11-12,14-15,17-18,20-21,23-24,29,31-32,35,38,41,55H,4-7,10,13,16,19,22,25-28,30,33-34,36-37,39-40,42-54H2,1-3H3/b11-8+,12-9+,17-14+,18-15+,23-20+,24-21+,31-29+,35-32+,41-38+. The first kappa shape index (κ1) is 60.1. The van der Waals surface area contributed by atoms with E-state index < -0.39 is 6.10 Å². The van der Waals surface area contributed by atoms with Crippen molar-refractivity contribution in [3.05, 3.63) is 109 Å². The second kappa shape index (κ2) is 51.7. The monoisotopic (exact) mass is 887 g/mol. The van der Waals surface area contributed by atoms with E-state index in [0.29, 0.717) is 19.3 Å². The van der Waals surface area contributed by atoms with Crippen LogP contribution in [0.1, 0.15) is 220 Å². The van der Waals surface area contributed by atoms with E-state index in [1.54, 1.807) is 0 Å². The Balaban J connectivity index is 4.49. The van der Waals surface area contributed by atoms with Gasteiger partial charge in [-0.25, -0.2) is 0 Å². The third-order valence-corrected chi connectivity index (χ3v) is 10.7. The van der Waals surface area contributed by atoms with Crippen LogP contribution in [0.2, 0.25) is 0 Å². The lowest BCUT2D eigenvalue weighted by atomic mass is 10.1. The molecule has 6 heteroatoms. The number of unbranched alkanes of at least 4 members (excludes halogenated alkanes) is 22. The summed E-state index contributed by atoms with van der Waals surface area (Å²) in [6.45, 7) is 6.27. The maximum absolute atomic E-state index is 12.8. The molecule has 0 aliphatic heterocycles. The fourth-order valence-electron chi connectivity index (χ4n) is 6.82. The van der Waals surface area contributed by atoms with Crippen LogP contribution in [0.3, 0.4) is 0 Å². The molecule has 362 valence electrons. The molecule has 0 fully saturated rings. The van der Waals surface area contributed by atoms with Crippen molar-refractivity contribution in [3.8, 4) is 0 Å². The van der Waals surface area contributed by atoms with Gasteiger partial charge in [0.2, 0.25) is 0 Å². The fraction of sp³-hybridized carbons (Fsp3) is 0.638. The van der Waals surface area contributed by atoms with Crippen molar-refractivity contribution in [2.45, 2.75) is 226 Å². The second-order valence-electron chi connectivity index (χ2n) is 16.8. The fourth-order valence-corrected chi connectivity index (χ4v) is 6.82. The van der Waals surface area contributed by atoms with Crippen molar-refractivity contribution in [2.24, 2.45) is 0 Å². The molecule has 0 aromatic carbocycles. The lowest BCUT2D eigenvalue weighted by molar-refractivity contribution is -0.167. The largest absolute Gasteiger partial charge is 0.462 e. The molecule has 64 heavy (non-hydrogen) atoms. The molecule has 0 radical (unpaired) electrons. The minimum atomic E-state index is -0.818. The highest BCUT2D eigenvalue weighted by atomic mass is 16.6. The van der Waals surface area contributed by atoms with Gasteiger partial charge in [0.1, 0.15) is 13.2 Å². The molecule has 0 N–H and O–H groups in total. The van der Waals surface area contributed by atoms with E-state index >= 15 is 0 Å². The number of carbonyl (C=O) groups excluding carboxylic acids is 3. The van der Waals surface area contributed by atoms with E-state index in [9.17, 15) is 14.4 Å². The van der Waals surface area contributed by atoms with Gasteiger partial charge < -0.3 is 14.2 Å². The third kappa shape index (κ3) is 49.1. The molecular formula is C58H94O6. The highest BCUT2D eigenvalue weighted by Gasteiger charge is 2.19. The van der Waals surface area contributed by atoms with Gasteiger partial charge in [-0.15, -0.1) is 0 Å². The Hall–Kier alpha value is -3.93. The zero-order valence-corrected chi connectivity index (χ0v) is 41.3. The normalized spacial score (nSPS) is 13.0. The van der Waals surface area contributed by atoms with Gasteiger partial charge in [0.05, 0.1) is 0 Å². The maximum atomic E-state index is 12.8. The zero-order chi connectivity index (χ0) is 46.5. The first-order valence-corrected chi connectivity index (χ1v) is 26.0. The summed E-state index contributed by atoms with van der Waals surface area (Å²) in [7, 11) is 0. The quantitative estimate of drug-likeness (QED) is 0.0199. The van der Waals surface area contributed by atoms with E-state index in [4.69, 9.17) is 14.2 Å². The Labute approximate surface area is 393 Å².